The van der Waals surface area contributed by atoms with E-state index in [2.05, 4.69) is 4.98 Å². The molecule has 1 aromatic heterocycles. The van der Waals surface area contributed by atoms with E-state index in [0.717, 1.165) is 17.7 Å². The molecule has 1 heterocycles. The maximum atomic E-state index is 12.6. The van der Waals surface area contributed by atoms with Gasteiger partial charge in [-0.2, -0.15) is 13.2 Å². The van der Waals surface area contributed by atoms with Crippen molar-refractivity contribution in [2.24, 2.45) is 0 Å². The van der Waals surface area contributed by atoms with E-state index in [1.54, 1.807) is 12.1 Å². The Bertz CT molecular complexity index is 779. The Balaban J connectivity index is 1.98. The molecular formula is C16H9ClF3NO. The van der Waals surface area contributed by atoms with Crippen LogP contribution in [0.4, 0.5) is 13.2 Å². The third-order valence-electron chi connectivity index (χ3n) is 3.09. The van der Waals surface area contributed by atoms with Gasteiger partial charge in [-0.1, -0.05) is 30.3 Å². The number of oxazole rings is 1. The summed E-state index contributed by atoms with van der Waals surface area (Å²) in [6.45, 7) is 0. The van der Waals surface area contributed by atoms with Gasteiger partial charge in [0.1, 0.15) is 5.69 Å². The fourth-order valence-electron chi connectivity index (χ4n) is 2.00. The summed E-state index contributed by atoms with van der Waals surface area (Å²) in [7, 11) is 0. The minimum Gasteiger partial charge on any atom is -0.424 e. The van der Waals surface area contributed by atoms with Crippen molar-refractivity contribution in [2.45, 2.75) is 6.18 Å². The summed E-state index contributed by atoms with van der Waals surface area (Å²) in [4.78, 5) is 4.26. The van der Waals surface area contributed by atoms with Crippen LogP contribution in [0.25, 0.3) is 22.7 Å². The first-order valence-electron chi connectivity index (χ1n) is 6.34. The molecule has 3 rings (SSSR count). The smallest absolute Gasteiger partial charge is 0.416 e. The van der Waals surface area contributed by atoms with Gasteiger partial charge in [-0.15, -0.1) is 0 Å². The van der Waals surface area contributed by atoms with E-state index < -0.39 is 11.7 Å². The Hall–Kier alpha value is -2.27. The number of nitrogens with zero attached hydrogens (tertiary/aromatic N) is 1. The second-order valence-electron chi connectivity index (χ2n) is 4.58. The third-order valence-corrected chi connectivity index (χ3v) is 3.35. The van der Waals surface area contributed by atoms with Crippen LogP contribution < -0.4 is 0 Å². The van der Waals surface area contributed by atoms with E-state index in [9.17, 15) is 13.2 Å². The molecule has 0 amide bonds. The zero-order chi connectivity index (χ0) is 15.7. The number of hydrogen-bond donors (Lipinski definition) is 0. The van der Waals surface area contributed by atoms with Crippen molar-refractivity contribution in [1.82, 2.24) is 4.98 Å². The molecule has 0 spiro atoms. The van der Waals surface area contributed by atoms with Crippen molar-refractivity contribution >= 4 is 11.6 Å². The number of halogens is 4. The summed E-state index contributed by atoms with van der Waals surface area (Å²) in [6, 6.07) is 13.7. The van der Waals surface area contributed by atoms with Gasteiger partial charge < -0.3 is 4.42 Å². The molecule has 0 unspecified atom stereocenters. The van der Waals surface area contributed by atoms with Crippen LogP contribution >= 0.6 is 11.6 Å². The molecule has 22 heavy (non-hydrogen) atoms. The average molecular weight is 324 g/mol. The molecule has 0 aliphatic rings. The minimum atomic E-state index is -4.37. The van der Waals surface area contributed by atoms with E-state index >= 15 is 0 Å². The van der Waals surface area contributed by atoms with Gasteiger partial charge in [0, 0.05) is 11.1 Å². The van der Waals surface area contributed by atoms with Gasteiger partial charge in [0.25, 0.3) is 0 Å². The molecule has 112 valence electrons. The molecule has 0 saturated heterocycles. The minimum absolute atomic E-state index is 0.0404. The van der Waals surface area contributed by atoms with Crippen LogP contribution in [0.15, 0.2) is 59.0 Å². The lowest BCUT2D eigenvalue weighted by atomic mass is 10.1. The molecule has 6 heteroatoms. The summed E-state index contributed by atoms with van der Waals surface area (Å²) < 4.78 is 43.1. The van der Waals surface area contributed by atoms with Gasteiger partial charge in [-0.3, -0.25) is 0 Å². The van der Waals surface area contributed by atoms with Crippen LogP contribution in [0.5, 0.6) is 0 Å². The Kier molecular flexibility index (Phi) is 3.66. The Morgan fingerprint density at radius 3 is 2.09 bits per heavy atom. The van der Waals surface area contributed by atoms with Gasteiger partial charge in [-0.25, -0.2) is 4.98 Å². The molecule has 3 aromatic rings. The van der Waals surface area contributed by atoms with Crippen molar-refractivity contribution in [3.63, 3.8) is 0 Å². The van der Waals surface area contributed by atoms with Gasteiger partial charge in [0.15, 0.2) is 0 Å². The van der Waals surface area contributed by atoms with Crippen LogP contribution in [-0.2, 0) is 6.18 Å². The van der Waals surface area contributed by atoms with E-state index in [-0.39, 0.29) is 5.22 Å². The number of benzene rings is 2. The maximum Gasteiger partial charge on any atom is 0.416 e. The molecule has 2 aromatic carbocycles. The van der Waals surface area contributed by atoms with Crippen molar-refractivity contribution in [1.29, 1.82) is 0 Å². The zero-order valence-electron chi connectivity index (χ0n) is 11.1. The molecule has 2 nitrogen and oxygen atoms in total. The Morgan fingerprint density at radius 1 is 0.864 bits per heavy atom. The van der Waals surface area contributed by atoms with Crippen molar-refractivity contribution < 1.29 is 17.6 Å². The third kappa shape index (κ3) is 2.85. The summed E-state index contributed by atoms with van der Waals surface area (Å²) in [5.74, 6) is 0.320. The van der Waals surface area contributed by atoms with Crippen molar-refractivity contribution in [3.05, 3.63) is 65.4 Å². The highest BCUT2D eigenvalue weighted by molar-refractivity contribution is 6.31. The monoisotopic (exact) mass is 323 g/mol. The molecule has 0 aliphatic heterocycles. The predicted octanol–water partition coefficient (Wildman–Crippen LogP) is 5.68. The van der Waals surface area contributed by atoms with E-state index in [4.69, 9.17) is 16.0 Å². The lowest BCUT2D eigenvalue weighted by molar-refractivity contribution is -0.137. The molecule has 0 bridgehead atoms. The highest BCUT2D eigenvalue weighted by atomic mass is 35.5. The molecule has 0 fully saturated rings. The van der Waals surface area contributed by atoms with Crippen LogP contribution in [0.3, 0.4) is 0 Å². The lowest BCUT2D eigenvalue weighted by Crippen LogP contribution is -2.04. The normalized spacial score (nSPS) is 11.6. The van der Waals surface area contributed by atoms with Crippen LogP contribution in [0.1, 0.15) is 5.56 Å². The largest absolute Gasteiger partial charge is 0.424 e. The number of rotatable bonds is 2. The predicted molar refractivity (Wildman–Crippen MR) is 77.4 cm³/mol. The topological polar surface area (TPSA) is 26.0 Å². The second-order valence-corrected chi connectivity index (χ2v) is 4.93. The fraction of sp³-hybridized carbons (Fsp3) is 0.0625. The highest BCUT2D eigenvalue weighted by Crippen LogP contribution is 2.34. The summed E-state index contributed by atoms with van der Waals surface area (Å²) in [5, 5.41) is 0.0404. The SMILES string of the molecule is FC(F)(F)c1ccc(-c2nc(-c3ccccc3)oc2Cl)cc1. The van der Waals surface area contributed by atoms with Crippen molar-refractivity contribution in [3.8, 4) is 22.7 Å². The summed E-state index contributed by atoms with van der Waals surface area (Å²) >= 11 is 6.01. The zero-order valence-corrected chi connectivity index (χ0v) is 11.8. The van der Waals surface area contributed by atoms with Gasteiger partial charge in [-0.05, 0) is 35.9 Å². The van der Waals surface area contributed by atoms with Gasteiger partial charge >= 0.3 is 6.18 Å². The molecule has 0 atom stereocenters. The Labute approximate surface area is 129 Å². The van der Waals surface area contributed by atoms with Crippen LogP contribution in [-0.4, -0.2) is 4.98 Å². The standard InChI is InChI=1S/C16H9ClF3NO/c17-14-13(10-6-8-12(9-7-10)16(18,19)20)21-15(22-14)11-4-2-1-3-5-11/h1-9H. The van der Waals surface area contributed by atoms with Crippen LogP contribution in [0, 0.1) is 0 Å². The fourth-order valence-corrected chi connectivity index (χ4v) is 2.23. The lowest BCUT2D eigenvalue weighted by Gasteiger charge is -2.06. The second kappa shape index (κ2) is 5.50. The van der Waals surface area contributed by atoms with Crippen LogP contribution in [0.2, 0.25) is 5.22 Å². The average Bonchev–Trinajstić information content (AvgIpc) is 2.89. The summed E-state index contributed by atoms with van der Waals surface area (Å²) in [5.41, 5.74) is 0.792. The molecular weight excluding hydrogens is 315 g/mol. The van der Waals surface area contributed by atoms with E-state index in [1.807, 2.05) is 18.2 Å². The quantitative estimate of drug-likeness (QED) is 0.606. The van der Waals surface area contributed by atoms with Crippen molar-refractivity contribution in [2.75, 3.05) is 0 Å². The maximum absolute atomic E-state index is 12.6. The first kappa shape index (κ1) is 14.7. The number of aromatic nitrogens is 1. The van der Waals surface area contributed by atoms with E-state index in [1.165, 1.54) is 12.1 Å². The first-order chi connectivity index (χ1) is 10.4. The molecule has 0 saturated carbocycles. The first-order valence-corrected chi connectivity index (χ1v) is 6.72. The van der Waals surface area contributed by atoms with Gasteiger partial charge in [0.05, 0.1) is 5.56 Å². The molecule has 0 radical (unpaired) electrons. The number of alkyl halides is 3. The molecule has 0 aliphatic carbocycles. The van der Waals surface area contributed by atoms with E-state index in [0.29, 0.717) is 17.1 Å². The van der Waals surface area contributed by atoms with Gasteiger partial charge in [0.2, 0.25) is 11.1 Å². The number of hydrogen-bond acceptors (Lipinski definition) is 2. The summed E-state index contributed by atoms with van der Waals surface area (Å²) in [6.07, 6.45) is -4.37. The Morgan fingerprint density at radius 2 is 1.50 bits per heavy atom. The molecule has 0 N–H and O–H groups in total. The highest BCUT2D eigenvalue weighted by Gasteiger charge is 2.30.